The van der Waals surface area contributed by atoms with Crippen LogP contribution in [0.1, 0.15) is 0 Å². The van der Waals surface area contributed by atoms with Crippen molar-refractivity contribution in [1.29, 1.82) is 0 Å². The summed E-state index contributed by atoms with van der Waals surface area (Å²) in [5.74, 6) is 3.56. The van der Waals surface area contributed by atoms with Gasteiger partial charge < -0.3 is 43.8 Å². The Labute approximate surface area is 204 Å². The van der Waals surface area contributed by atoms with Crippen LogP contribution in [0.5, 0.6) is 23.0 Å². The molecule has 0 aliphatic heterocycles. The van der Waals surface area contributed by atoms with Crippen LogP contribution in [-0.2, 0) is 24.2 Å². The Hall–Kier alpha value is -1.81. The number of hydrogen-bond acceptors (Lipinski definition) is 4. The first kappa shape index (κ1) is 28.2. The molecule has 0 aliphatic rings. The van der Waals surface area contributed by atoms with Crippen LogP contribution in [0.4, 0.5) is 0 Å². The van der Waals surface area contributed by atoms with Crippen molar-refractivity contribution in [2.24, 2.45) is 0 Å². The molecule has 0 amide bonds. The molecular weight excluding hydrogens is 502 g/mol. The quantitative estimate of drug-likeness (QED) is 0.324. The van der Waals surface area contributed by atoms with Gasteiger partial charge in [-0.1, -0.05) is 22.9 Å². The van der Waals surface area contributed by atoms with Gasteiger partial charge in [-0.25, -0.2) is 0 Å². The predicted molar refractivity (Wildman–Crippen MR) is 112 cm³/mol. The number of benzene rings is 2. The molecule has 0 saturated carbocycles. The maximum Gasteiger partial charge on any atom is -1.00 e. The topological polar surface area (TPSA) is 36.9 Å². The minimum absolute atomic E-state index is 0. The molecule has 4 aromatic rings. The molecule has 0 unspecified atom stereocenters. The second-order valence-corrected chi connectivity index (χ2v) is 5.65. The van der Waals surface area contributed by atoms with Gasteiger partial charge in [0.15, 0.2) is 0 Å². The van der Waals surface area contributed by atoms with Gasteiger partial charge in [0, 0.05) is 11.5 Å². The van der Waals surface area contributed by atoms with Crippen LogP contribution < -0.4 is 43.8 Å². The van der Waals surface area contributed by atoms with Crippen molar-refractivity contribution in [2.45, 2.75) is 0 Å². The Kier molecular flexibility index (Phi) is 13.4. The molecule has 0 saturated heterocycles. The van der Waals surface area contributed by atoms with Crippen molar-refractivity contribution in [3.63, 3.8) is 0 Å². The van der Waals surface area contributed by atoms with Gasteiger partial charge in [0.2, 0.25) is 0 Å². The molecule has 0 atom stereocenters. The van der Waals surface area contributed by atoms with Gasteiger partial charge in [0.1, 0.15) is 0 Å². The molecule has 0 aromatic heterocycles. The van der Waals surface area contributed by atoms with Crippen LogP contribution in [0.15, 0.2) is 60.7 Å². The van der Waals surface area contributed by atoms with Crippen LogP contribution in [0, 0.1) is 0 Å². The average Bonchev–Trinajstić information content (AvgIpc) is 3.44. The largest absolute Gasteiger partial charge is 1.00 e. The Morgan fingerprint density at radius 3 is 1.17 bits per heavy atom. The number of ether oxygens (including phenoxy) is 4. The Morgan fingerprint density at radius 2 is 0.867 bits per heavy atom. The van der Waals surface area contributed by atoms with E-state index in [2.05, 4.69) is 4.21 Å². The maximum atomic E-state index is 5.23. The van der Waals surface area contributed by atoms with Crippen molar-refractivity contribution in [3.05, 3.63) is 60.7 Å². The molecule has 0 spiro atoms. The van der Waals surface area contributed by atoms with Crippen molar-refractivity contribution in [1.82, 2.24) is 0 Å². The molecule has 7 heteroatoms. The van der Waals surface area contributed by atoms with E-state index in [-0.39, 0.29) is 24.8 Å². The molecule has 0 aliphatic carbocycles. The molecule has 160 valence electrons. The van der Waals surface area contributed by atoms with E-state index >= 15 is 0 Å². The fourth-order valence-electron chi connectivity index (χ4n) is 3.07. The molecule has 4 aromatic carbocycles. The smallest absolute Gasteiger partial charge is 1.00 e. The fraction of sp³-hybridized carbons (Fsp3) is 0.174. The second kappa shape index (κ2) is 14.2. The van der Waals surface area contributed by atoms with Crippen LogP contribution >= 0.6 is 0 Å². The summed E-state index contributed by atoms with van der Waals surface area (Å²) in [4.78, 5) is 0. The zero-order valence-electron chi connectivity index (χ0n) is 17.4. The van der Waals surface area contributed by atoms with Gasteiger partial charge >= 0.3 is 28.4 Å². The summed E-state index contributed by atoms with van der Waals surface area (Å²) in [6, 6.07) is 19.8. The van der Waals surface area contributed by atoms with E-state index in [1.165, 1.54) is 24.2 Å². The predicted octanol–water partition coefficient (Wildman–Crippen LogP) is -0.875. The molecule has 0 fully saturated rings. The first-order valence-corrected chi connectivity index (χ1v) is 10.4. The average molecular weight is 527 g/mol. The molecule has 4 rings (SSSR count). The summed E-state index contributed by atoms with van der Waals surface area (Å²) >= 11 is 1.30. The number of rotatable bonds is 4. The summed E-state index contributed by atoms with van der Waals surface area (Å²) in [7, 11) is 6.70. The van der Waals surface area contributed by atoms with Gasteiger partial charge in [0.05, 0.1) is 39.9 Å². The molecule has 0 bridgehead atoms. The van der Waals surface area contributed by atoms with Crippen molar-refractivity contribution < 1.29 is 68.0 Å². The third-order valence-electron chi connectivity index (χ3n) is 4.35. The zero-order chi connectivity index (χ0) is 20.5. The molecule has 30 heavy (non-hydrogen) atoms. The Morgan fingerprint density at radius 1 is 0.567 bits per heavy atom. The zero-order valence-corrected chi connectivity index (χ0v) is 21.3. The number of methoxy groups -OCH3 is 4. The SMILES string of the molecule is COc1ccc(OC)c2[cH-]ccc12.COc1ccc(OC)c2[cH-]ccc12.[CH2]=[Zr+2].[Cl-].[Cl-]. The maximum absolute atomic E-state index is 5.23. The molecule has 0 N–H and O–H groups in total. The number of halogens is 2. The first-order chi connectivity index (χ1) is 13.7. The van der Waals surface area contributed by atoms with Crippen LogP contribution in [-0.4, -0.2) is 32.7 Å². The summed E-state index contributed by atoms with van der Waals surface area (Å²) in [6.07, 6.45) is 0. The minimum atomic E-state index is 0. The Bertz CT molecular complexity index is 869. The van der Waals surface area contributed by atoms with Gasteiger partial charge in [-0.2, -0.15) is 24.3 Å². The molecule has 4 nitrogen and oxygen atoms in total. The van der Waals surface area contributed by atoms with Crippen molar-refractivity contribution in [2.75, 3.05) is 28.4 Å². The van der Waals surface area contributed by atoms with E-state index in [9.17, 15) is 0 Å². The van der Waals surface area contributed by atoms with E-state index in [1.807, 2.05) is 60.7 Å². The summed E-state index contributed by atoms with van der Waals surface area (Å²) in [5, 5.41) is 4.40. The molecular formula is C23H24Cl2O4Zr-2. The molecule has 0 heterocycles. The molecule has 0 radical (unpaired) electrons. The monoisotopic (exact) mass is 524 g/mol. The number of hydrogen-bond donors (Lipinski definition) is 0. The van der Waals surface area contributed by atoms with Crippen LogP contribution in [0.25, 0.3) is 21.5 Å². The second-order valence-electron chi connectivity index (χ2n) is 5.65. The number of fused-ring (bicyclic) bond motifs is 2. The van der Waals surface area contributed by atoms with Crippen LogP contribution in [0.2, 0.25) is 0 Å². The first-order valence-electron chi connectivity index (χ1n) is 8.61. The van der Waals surface area contributed by atoms with Crippen molar-refractivity contribution >= 4 is 25.8 Å². The van der Waals surface area contributed by atoms with E-state index in [0.29, 0.717) is 0 Å². The van der Waals surface area contributed by atoms with Gasteiger partial charge in [-0.15, -0.1) is 22.9 Å². The Balaban J connectivity index is 0.000000488. The van der Waals surface area contributed by atoms with Gasteiger partial charge in [-0.05, 0) is 12.1 Å². The third-order valence-corrected chi connectivity index (χ3v) is 4.35. The standard InChI is InChI=1S/2C11H11O2.CH2.2ClH.Zr/c2*1-12-10-6-7-11(13-2)9-5-3-4-8(9)10;;;;/h2*3-7H,1-2H3;1H2;2*1H;/q2*-1;;;;+2/p-2. The summed E-state index contributed by atoms with van der Waals surface area (Å²) in [5.41, 5.74) is 0. The van der Waals surface area contributed by atoms with Crippen LogP contribution in [0.3, 0.4) is 0 Å². The minimum Gasteiger partial charge on any atom is -1.00 e. The van der Waals surface area contributed by atoms with E-state index in [0.717, 1.165) is 44.5 Å². The normalized spacial score (nSPS) is 9.13. The summed E-state index contributed by atoms with van der Waals surface area (Å²) in [6.45, 7) is 0. The van der Waals surface area contributed by atoms with E-state index in [4.69, 9.17) is 18.9 Å². The van der Waals surface area contributed by atoms with Gasteiger partial charge in [0.25, 0.3) is 0 Å². The van der Waals surface area contributed by atoms with E-state index < -0.39 is 0 Å². The summed E-state index contributed by atoms with van der Waals surface area (Å²) < 4.78 is 24.3. The van der Waals surface area contributed by atoms with Crippen molar-refractivity contribution in [3.8, 4) is 23.0 Å². The third kappa shape index (κ3) is 6.10. The fourth-order valence-corrected chi connectivity index (χ4v) is 3.07. The van der Waals surface area contributed by atoms with E-state index in [1.54, 1.807) is 28.4 Å². The van der Waals surface area contributed by atoms with Gasteiger partial charge in [-0.3, -0.25) is 0 Å².